The highest BCUT2D eigenvalue weighted by atomic mass is 35.5. The van der Waals surface area contributed by atoms with Gasteiger partial charge in [0.15, 0.2) is 18.5 Å². The van der Waals surface area contributed by atoms with Crippen molar-refractivity contribution in [3.63, 3.8) is 0 Å². The van der Waals surface area contributed by atoms with Crippen LogP contribution in [0.1, 0.15) is 49.4 Å². The Kier molecular flexibility index (Phi) is 7.98. The standard InChI is InChI=1S/C26H28ClFN2O6/c1-2-14-9-15(29-25(33)13-35-17-5-6-19(27)20(28)11-17)3-7-21(14)30-26(34)24-12-22(32)18-10-16(31)4-8-23(18)36-24/h4-6,8,10-11,14-15,21,24,31H,2-3,7,9,12-13H2,1H3,(H,29,33)(H,30,34)/t14-,15-,21+,24-/m1/s1. The van der Waals surface area contributed by atoms with E-state index in [2.05, 4.69) is 10.6 Å². The lowest BCUT2D eigenvalue weighted by Gasteiger charge is -2.37. The number of carbonyl (C=O) groups excluding carboxylic acids is 3. The second-order valence-corrected chi connectivity index (χ2v) is 9.55. The third-order valence-corrected chi connectivity index (χ3v) is 6.96. The number of rotatable bonds is 7. The molecule has 0 unspecified atom stereocenters. The third-order valence-electron chi connectivity index (χ3n) is 6.66. The Morgan fingerprint density at radius 1 is 1.19 bits per heavy atom. The summed E-state index contributed by atoms with van der Waals surface area (Å²) in [6, 6.07) is 8.04. The normalized spacial score (nSPS) is 23.2. The molecule has 10 heteroatoms. The Hall–Kier alpha value is -3.33. The van der Waals surface area contributed by atoms with Gasteiger partial charge in [0, 0.05) is 18.2 Å². The summed E-state index contributed by atoms with van der Waals surface area (Å²) in [6.45, 7) is 1.77. The Morgan fingerprint density at radius 3 is 2.75 bits per heavy atom. The summed E-state index contributed by atoms with van der Waals surface area (Å²) in [5.41, 5.74) is 0.270. The van der Waals surface area contributed by atoms with Gasteiger partial charge in [0.2, 0.25) is 0 Å². The van der Waals surface area contributed by atoms with Crippen LogP contribution >= 0.6 is 11.6 Å². The zero-order valence-corrected chi connectivity index (χ0v) is 20.5. The molecule has 1 fully saturated rings. The molecular formula is C26H28ClFN2O6. The summed E-state index contributed by atoms with van der Waals surface area (Å²) >= 11 is 5.65. The average Bonchev–Trinajstić information content (AvgIpc) is 2.86. The number of amides is 2. The average molecular weight is 519 g/mol. The molecule has 0 spiro atoms. The minimum absolute atomic E-state index is 0.0204. The predicted octanol–water partition coefficient (Wildman–Crippen LogP) is 3.78. The van der Waals surface area contributed by atoms with Crippen molar-refractivity contribution in [1.29, 1.82) is 0 Å². The van der Waals surface area contributed by atoms with Crippen LogP contribution in [0.2, 0.25) is 5.02 Å². The number of aromatic hydroxyl groups is 1. The molecule has 0 aromatic heterocycles. The lowest BCUT2D eigenvalue weighted by Crippen LogP contribution is -2.52. The fourth-order valence-electron chi connectivity index (χ4n) is 4.75. The van der Waals surface area contributed by atoms with Gasteiger partial charge in [-0.3, -0.25) is 14.4 Å². The molecule has 0 saturated heterocycles. The van der Waals surface area contributed by atoms with Gasteiger partial charge in [0.25, 0.3) is 11.8 Å². The van der Waals surface area contributed by atoms with Crippen LogP contribution in [-0.4, -0.2) is 47.5 Å². The van der Waals surface area contributed by atoms with E-state index in [1.165, 1.54) is 30.3 Å². The maximum atomic E-state index is 13.5. The van der Waals surface area contributed by atoms with Gasteiger partial charge < -0.3 is 25.2 Å². The van der Waals surface area contributed by atoms with Gasteiger partial charge in [-0.25, -0.2) is 4.39 Å². The lowest BCUT2D eigenvalue weighted by atomic mass is 9.80. The third kappa shape index (κ3) is 6.07. The highest BCUT2D eigenvalue weighted by Gasteiger charge is 2.36. The molecule has 0 radical (unpaired) electrons. The van der Waals surface area contributed by atoms with E-state index in [1.54, 1.807) is 0 Å². The fourth-order valence-corrected chi connectivity index (χ4v) is 4.87. The Bertz CT molecular complexity index is 1160. The predicted molar refractivity (Wildman–Crippen MR) is 130 cm³/mol. The number of nitrogens with one attached hydrogen (secondary N) is 2. The van der Waals surface area contributed by atoms with Crippen LogP contribution in [0.15, 0.2) is 36.4 Å². The first kappa shape index (κ1) is 25.8. The monoisotopic (exact) mass is 518 g/mol. The molecule has 1 heterocycles. The van der Waals surface area contributed by atoms with Crippen molar-refractivity contribution in [2.45, 2.75) is 57.2 Å². The lowest BCUT2D eigenvalue weighted by molar-refractivity contribution is -0.130. The summed E-state index contributed by atoms with van der Waals surface area (Å²) in [7, 11) is 0. The largest absolute Gasteiger partial charge is 0.508 e. The van der Waals surface area contributed by atoms with Crippen LogP contribution in [0.3, 0.4) is 0 Å². The van der Waals surface area contributed by atoms with Crippen LogP contribution < -0.4 is 20.1 Å². The molecule has 3 N–H and O–H groups in total. The van der Waals surface area contributed by atoms with E-state index in [-0.39, 0.29) is 76.5 Å². The van der Waals surface area contributed by atoms with Crippen molar-refractivity contribution >= 4 is 29.2 Å². The number of phenols is 1. The molecule has 2 aromatic carbocycles. The van der Waals surface area contributed by atoms with Gasteiger partial charge in [0.05, 0.1) is 17.0 Å². The molecule has 2 amide bonds. The maximum Gasteiger partial charge on any atom is 0.261 e. The van der Waals surface area contributed by atoms with Crippen molar-refractivity contribution in [1.82, 2.24) is 10.6 Å². The molecule has 1 aliphatic heterocycles. The molecule has 4 rings (SSSR count). The first-order valence-electron chi connectivity index (χ1n) is 11.9. The van der Waals surface area contributed by atoms with Gasteiger partial charge >= 0.3 is 0 Å². The smallest absolute Gasteiger partial charge is 0.261 e. The number of carbonyl (C=O) groups is 3. The maximum absolute atomic E-state index is 13.5. The second-order valence-electron chi connectivity index (χ2n) is 9.14. The molecule has 8 nitrogen and oxygen atoms in total. The first-order valence-corrected chi connectivity index (χ1v) is 12.3. The van der Waals surface area contributed by atoms with Crippen LogP contribution in [0.4, 0.5) is 4.39 Å². The number of halogens is 2. The van der Waals surface area contributed by atoms with Crippen molar-refractivity contribution in [2.75, 3.05) is 6.61 Å². The zero-order valence-electron chi connectivity index (χ0n) is 19.8. The van der Waals surface area contributed by atoms with Crippen LogP contribution in [0.5, 0.6) is 17.2 Å². The molecule has 1 saturated carbocycles. The van der Waals surface area contributed by atoms with E-state index in [1.807, 2.05) is 6.92 Å². The summed E-state index contributed by atoms with van der Waals surface area (Å²) in [5, 5.41) is 15.6. The van der Waals surface area contributed by atoms with Gasteiger partial charge in [-0.05, 0) is 55.5 Å². The number of hydrogen-bond donors (Lipinski definition) is 3. The van der Waals surface area contributed by atoms with Gasteiger partial charge in [-0.15, -0.1) is 0 Å². The molecular weight excluding hydrogens is 491 g/mol. The van der Waals surface area contributed by atoms with Crippen molar-refractivity contribution < 1.29 is 33.4 Å². The highest BCUT2D eigenvalue weighted by Crippen LogP contribution is 2.32. The topological polar surface area (TPSA) is 114 Å². The zero-order chi connectivity index (χ0) is 25.8. The van der Waals surface area contributed by atoms with Gasteiger partial charge in [-0.2, -0.15) is 0 Å². The van der Waals surface area contributed by atoms with Crippen LogP contribution in [0, 0.1) is 11.7 Å². The van der Waals surface area contributed by atoms with Crippen LogP contribution in [0.25, 0.3) is 0 Å². The van der Waals surface area contributed by atoms with E-state index in [9.17, 15) is 23.9 Å². The minimum Gasteiger partial charge on any atom is -0.508 e. The summed E-state index contributed by atoms with van der Waals surface area (Å²) in [5.74, 6) is -0.944. The molecule has 4 atom stereocenters. The Labute approximate surface area is 213 Å². The highest BCUT2D eigenvalue weighted by molar-refractivity contribution is 6.30. The van der Waals surface area contributed by atoms with E-state index >= 15 is 0 Å². The number of benzene rings is 2. The summed E-state index contributed by atoms with van der Waals surface area (Å²) in [6.07, 6.45) is 1.76. The number of Topliss-reactive ketones (excluding diaryl/α,β-unsaturated/α-hetero) is 1. The number of ether oxygens (including phenoxy) is 2. The van der Waals surface area contributed by atoms with Crippen molar-refractivity contribution in [3.05, 3.63) is 52.8 Å². The minimum atomic E-state index is -0.931. The molecule has 2 aromatic rings. The molecule has 36 heavy (non-hydrogen) atoms. The van der Waals surface area contributed by atoms with E-state index in [4.69, 9.17) is 21.1 Å². The van der Waals surface area contributed by atoms with E-state index in [0.29, 0.717) is 19.3 Å². The first-order chi connectivity index (χ1) is 17.2. The van der Waals surface area contributed by atoms with Crippen molar-refractivity contribution in [3.8, 4) is 17.2 Å². The SMILES string of the molecule is CC[C@@H]1C[C@H](NC(=O)COc2ccc(Cl)c(F)c2)CC[C@@H]1NC(=O)[C@H]1CC(=O)c2cc(O)ccc2O1. The molecule has 192 valence electrons. The Morgan fingerprint density at radius 2 is 2.00 bits per heavy atom. The van der Waals surface area contributed by atoms with E-state index < -0.39 is 11.9 Å². The Balaban J connectivity index is 1.27. The fraction of sp³-hybridized carbons (Fsp3) is 0.423. The van der Waals surface area contributed by atoms with E-state index in [0.717, 1.165) is 12.5 Å². The summed E-state index contributed by atoms with van der Waals surface area (Å²) in [4.78, 5) is 37.7. The number of ketones is 1. The van der Waals surface area contributed by atoms with Crippen molar-refractivity contribution in [2.24, 2.45) is 5.92 Å². The quantitative estimate of drug-likeness (QED) is 0.514. The van der Waals surface area contributed by atoms with Crippen LogP contribution in [-0.2, 0) is 9.59 Å². The van der Waals surface area contributed by atoms with Gasteiger partial charge in [-0.1, -0.05) is 24.9 Å². The number of phenolic OH excluding ortho intramolecular Hbond substituents is 1. The number of hydrogen-bond acceptors (Lipinski definition) is 6. The second kappa shape index (κ2) is 11.2. The molecule has 2 aliphatic rings. The van der Waals surface area contributed by atoms with Gasteiger partial charge in [0.1, 0.15) is 23.1 Å². The molecule has 0 bridgehead atoms. The molecule has 1 aliphatic carbocycles. The number of fused-ring (bicyclic) bond motifs is 1. The summed E-state index contributed by atoms with van der Waals surface area (Å²) < 4.78 is 24.6.